The van der Waals surface area contributed by atoms with E-state index in [0.29, 0.717) is 10.8 Å². The van der Waals surface area contributed by atoms with Crippen molar-refractivity contribution in [2.24, 2.45) is 0 Å². The van der Waals surface area contributed by atoms with E-state index in [9.17, 15) is 4.39 Å². The van der Waals surface area contributed by atoms with Gasteiger partial charge >= 0.3 is 0 Å². The molecule has 0 bridgehead atoms. The van der Waals surface area contributed by atoms with Crippen LogP contribution in [0.15, 0.2) is 35.4 Å². The summed E-state index contributed by atoms with van der Waals surface area (Å²) < 4.78 is 13.1. The summed E-state index contributed by atoms with van der Waals surface area (Å²) in [6, 6.07) is 11.5. The monoisotopic (exact) mass is 284 g/mol. The van der Waals surface area contributed by atoms with Crippen LogP contribution in [0.1, 0.15) is 16.7 Å². The quantitative estimate of drug-likeness (QED) is 0.876. The minimum absolute atomic E-state index is 0.0910. The molecule has 0 saturated carbocycles. The Bertz CT molecular complexity index is 731. The zero-order valence-corrected chi connectivity index (χ0v) is 11.1. The van der Waals surface area contributed by atoms with Crippen LogP contribution in [0.3, 0.4) is 0 Å². The molecule has 6 heteroatoms. The summed E-state index contributed by atoms with van der Waals surface area (Å²) in [6.45, 7) is 0. The molecule has 4 nitrogen and oxygen atoms in total. The molecule has 1 aromatic heterocycles. The second-order valence-electron chi connectivity index (χ2n) is 3.92. The summed E-state index contributed by atoms with van der Waals surface area (Å²) in [5.74, 6) is 0.245. The third-order valence-corrected chi connectivity index (χ3v) is 3.58. The van der Waals surface area contributed by atoms with Gasteiger partial charge in [0.05, 0.1) is 11.1 Å². The van der Waals surface area contributed by atoms with Crippen molar-refractivity contribution in [3.05, 3.63) is 52.8 Å². The molecule has 0 radical (unpaired) electrons. The average Bonchev–Trinajstić information content (AvgIpc) is 2.45. The molecule has 0 aliphatic heterocycles. The summed E-state index contributed by atoms with van der Waals surface area (Å²) >= 11 is 1.28. The number of halogens is 1. The number of nitrogens with zero attached hydrogens (tertiary/aromatic N) is 3. The maximum atomic E-state index is 13.1. The molecule has 0 spiro atoms. The van der Waals surface area contributed by atoms with E-state index in [1.54, 1.807) is 12.1 Å². The van der Waals surface area contributed by atoms with Crippen LogP contribution in [0.2, 0.25) is 0 Å². The van der Waals surface area contributed by atoms with Gasteiger partial charge in [0.25, 0.3) is 0 Å². The lowest BCUT2D eigenvalue weighted by molar-refractivity contribution is 0.626. The number of benzene rings is 1. The second kappa shape index (κ2) is 6.05. The van der Waals surface area contributed by atoms with Crippen molar-refractivity contribution in [3.63, 3.8) is 0 Å². The second-order valence-corrected chi connectivity index (χ2v) is 4.88. The molecule has 0 saturated heterocycles. The van der Waals surface area contributed by atoms with Crippen LogP contribution in [-0.4, -0.2) is 4.98 Å². The molecule has 0 fully saturated rings. The average molecular weight is 284 g/mol. The fourth-order valence-electron chi connectivity index (χ4n) is 1.57. The third-order valence-electron chi connectivity index (χ3n) is 2.52. The van der Waals surface area contributed by atoms with Crippen LogP contribution in [0, 0.1) is 28.5 Å². The highest BCUT2D eigenvalue weighted by Crippen LogP contribution is 2.26. The number of nitrogen functional groups attached to an aromatic ring is 1. The number of hydrogen-bond acceptors (Lipinski definition) is 5. The molecule has 1 heterocycles. The lowest BCUT2D eigenvalue weighted by Gasteiger charge is -2.05. The molecule has 0 amide bonds. The summed E-state index contributed by atoms with van der Waals surface area (Å²) in [4.78, 5) is 4.05. The summed E-state index contributed by atoms with van der Waals surface area (Å²) in [5.41, 5.74) is 6.88. The first kappa shape index (κ1) is 13.9. The maximum absolute atomic E-state index is 13.1. The van der Waals surface area contributed by atoms with E-state index < -0.39 is 0 Å². The van der Waals surface area contributed by atoms with Gasteiger partial charge in [0.15, 0.2) is 0 Å². The molecule has 0 unspecified atom stereocenters. The van der Waals surface area contributed by atoms with Crippen LogP contribution in [0.4, 0.5) is 10.2 Å². The van der Waals surface area contributed by atoms with Gasteiger partial charge in [0, 0.05) is 5.75 Å². The first-order valence-electron chi connectivity index (χ1n) is 5.62. The largest absolute Gasteiger partial charge is 0.383 e. The molecule has 98 valence electrons. The molecule has 2 N–H and O–H groups in total. The zero-order valence-electron chi connectivity index (χ0n) is 10.3. The van der Waals surface area contributed by atoms with Crippen molar-refractivity contribution < 1.29 is 4.39 Å². The number of rotatable bonds is 3. The van der Waals surface area contributed by atoms with Gasteiger partial charge in [0.2, 0.25) is 0 Å². The standard InChI is InChI=1S/C14H9FN4S/c15-12-3-1-2-9(4-12)8-20-14-11(7-17)5-10(6-16)13(18)19-14/h1-5H,8H2,(H2,18,19). The molecule has 0 aliphatic carbocycles. The smallest absolute Gasteiger partial charge is 0.142 e. The Hall–Kier alpha value is -2.57. The van der Waals surface area contributed by atoms with Crippen LogP contribution < -0.4 is 5.73 Å². The molecular weight excluding hydrogens is 275 g/mol. The predicted octanol–water partition coefficient (Wildman–Crippen LogP) is 2.84. The van der Waals surface area contributed by atoms with Crippen LogP contribution in [0.5, 0.6) is 0 Å². The molecule has 0 aliphatic rings. The van der Waals surface area contributed by atoms with Crippen molar-refractivity contribution in [2.45, 2.75) is 10.8 Å². The number of aromatic nitrogens is 1. The number of thioether (sulfide) groups is 1. The Balaban J connectivity index is 2.24. The number of nitriles is 2. The van der Waals surface area contributed by atoms with E-state index in [2.05, 4.69) is 4.98 Å². The molecule has 1 aromatic carbocycles. The highest BCUT2D eigenvalue weighted by molar-refractivity contribution is 7.98. The van der Waals surface area contributed by atoms with Crippen LogP contribution >= 0.6 is 11.8 Å². The molecule has 2 rings (SSSR count). The Morgan fingerprint density at radius 2 is 1.95 bits per heavy atom. The Morgan fingerprint density at radius 1 is 1.20 bits per heavy atom. The SMILES string of the molecule is N#Cc1cc(C#N)c(SCc2cccc(F)c2)nc1N. The van der Waals surface area contributed by atoms with E-state index in [1.807, 2.05) is 12.1 Å². The summed E-state index contributed by atoms with van der Waals surface area (Å²) in [7, 11) is 0. The highest BCUT2D eigenvalue weighted by atomic mass is 32.2. The van der Waals surface area contributed by atoms with Gasteiger partial charge in [0.1, 0.15) is 28.8 Å². The van der Waals surface area contributed by atoms with Gasteiger partial charge in [-0.05, 0) is 23.8 Å². The van der Waals surface area contributed by atoms with Gasteiger partial charge in [-0.25, -0.2) is 9.37 Å². The van der Waals surface area contributed by atoms with E-state index >= 15 is 0 Å². The molecule has 2 aromatic rings. The number of anilines is 1. The van der Waals surface area contributed by atoms with Crippen molar-refractivity contribution in [2.75, 3.05) is 5.73 Å². The van der Waals surface area contributed by atoms with Gasteiger partial charge < -0.3 is 5.73 Å². The van der Waals surface area contributed by atoms with E-state index in [4.69, 9.17) is 16.3 Å². The number of hydrogen-bond donors (Lipinski definition) is 1. The number of pyridine rings is 1. The Kier molecular flexibility index (Phi) is 4.19. The van der Waals surface area contributed by atoms with E-state index in [-0.39, 0.29) is 22.8 Å². The first-order chi connectivity index (χ1) is 9.63. The minimum Gasteiger partial charge on any atom is -0.383 e. The van der Waals surface area contributed by atoms with Gasteiger partial charge in [-0.3, -0.25) is 0 Å². The molecular formula is C14H9FN4S. The summed E-state index contributed by atoms with van der Waals surface area (Å²) in [5, 5.41) is 18.3. The minimum atomic E-state index is -0.309. The van der Waals surface area contributed by atoms with Gasteiger partial charge in [-0.15, -0.1) is 11.8 Å². The van der Waals surface area contributed by atoms with Crippen LogP contribution in [0.25, 0.3) is 0 Å². The molecule has 20 heavy (non-hydrogen) atoms. The highest BCUT2D eigenvalue weighted by Gasteiger charge is 2.10. The van der Waals surface area contributed by atoms with Crippen LogP contribution in [-0.2, 0) is 5.75 Å². The Labute approximate surface area is 119 Å². The van der Waals surface area contributed by atoms with E-state index in [0.717, 1.165) is 5.56 Å². The fraction of sp³-hybridized carbons (Fsp3) is 0.0714. The van der Waals surface area contributed by atoms with Gasteiger partial charge in [-0.1, -0.05) is 12.1 Å². The van der Waals surface area contributed by atoms with Crippen molar-refractivity contribution in [1.82, 2.24) is 4.98 Å². The predicted molar refractivity (Wildman–Crippen MR) is 74.0 cm³/mol. The lowest BCUT2D eigenvalue weighted by atomic mass is 10.2. The van der Waals surface area contributed by atoms with Gasteiger partial charge in [-0.2, -0.15) is 10.5 Å². The normalized spacial score (nSPS) is 9.75. The van der Waals surface area contributed by atoms with Crippen molar-refractivity contribution in [1.29, 1.82) is 10.5 Å². The Morgan fingerprint density at radius 3 is 2.60 bits per heavy atom. The van der Waals surface area contributed by atoms with E-state index in [1.165, 1.54) is 30.0 Å². The first-order valence-corrected chi connectivity index (χ1v) is 6.60. The zero-order chi connectivity index (χ0) is 14.5. The third kappa shape index (κ3) is 3.05. The van der Waals surface area contributed by atoms with Crippen molar-refractivity contribution >= 4 is 17.6 Å². The fourth-order valence-corrected chi connectivity index (χ4v) is 2.47. The number of nitrogens with two attached hydrogens (primary N) is 1. The van der Waals surface area contributed by atoms with Crippen molar-refractivity contribution in [3.8, 4) is 12.1 Å². The molecule has 0 atom stereocenters. The summed E-state index contributed by atoms with van der Waals surface area (Å²) in [6.07, 6.45) is 0. The topological polar surface area (TPSA) is 86.5 Å². The maximum Gasteiger partial charge on any atom is 0.142 e. The lowest BCUT2D eigenvalue weighted by Crippen LogP contribution is -1.99.